The number of aryl methyl sites for hydroxylation is 2. The molecule has 2 rings (SSSR count). The van der Waals surface area contributed by atoms with Gasteiger partial charge in [0.15, 0.2) is 5.78 Å². The summed E-state index contributed by atoms with van der Waals surface area (Å²) in [5.41, 5.74) is 5.20. The van der Waals surface area contributed by atoms with Gasteiger partial charge < -0.3 is 0 Å². The number of nitrogens with zero attached hydrogens (tertiary/aromatic N) is 1. The van der Waals surface area contributed by atoms with Gasteiger partial charge in [-0.2, -0.15) is 0 Å². The van der Waals surface area contributed by atoms with Gasteiger partial charge in [-0.05, 0) is 31.0 Å². The van der Waals surface area contributed by atoms with Crippen LogP contribution in [0.4, 0.5) is 0 Å². The zero-order chi connectivity index (χ0) is 12.4. The predicted octanol–water partition coefficient (Wildman–Crippen LogP) is 3.57. The summed E-state index contributed by atoms with van der Waals surface area (Å²) in [6.45, 7) is 5.69. The van der Waals surface area contributed by atoms with Gasteiger partial charge in [0.25, 0.3) is 0 Å². The number of hydrogen-bond acceptors (Lipinski definition) is 2. The average Bonchev–Trinajstić information content (AvgIpc) is 2.29. The fraction of sp³-hybridized carbons (Fsp3) is 0.200. The molecule has 86 valence electrons. The minimum atomic E-state index is -0.00261. The maximum absolute atomic E-state index is 11.1. The Kier molecular flexibility index (Phi) is 3.05. The van der Waals surface area contributed by atoms with Crippen molar-refractivity contribution in [3.05, 3.63) is 53.3 Å². The van der Waals surface area contributed by atoms with Gasteiger partial charge in [-0.1, -0.05) is 29.8 Å². The van der Waals surface area contributed by atoms with Crippen molar-refractivity contribution >= 4 is 5.78 Å². The van der Waals surface area contributed by atoms with E-state index in [1.54, 1.807) is 12.3 Å². The fourth-order valence-electron chi connectivity index (χ4n) is 1.90. The summed E-state index contributed by atoms with van der Waals surface area (Å²) in [6.07, 6.45) is 1.76. The van der Waals surface area contributed by atoms with Crippen molar-refractivity contribution in [3.63, 3.8) is 0 Å². The Bertz CT molecular complexity index is 556. The molecule has 1 aromatic carbocycles. The summed E-state index contributed by atoms with van der Waals surface area (Å²) < 4.78 is 0. The molecular formula is C15H15NO. The van der Waals surface area contributed by atoms with Crippen molar-refractivity contribution in [2.75, 3.05) is 0 Å². The molecule has 0 fully saturated rings. The summed E-state index contributed by atoms with van der Waals surface area (Å²) in [5, 5.41) is 0. The van der Waals surface area contributed by atoms with E-state index in [2.05, 4.69) is 37.0 Å². The minimum absolute atomic E-state index is 0.00261. The van der Waals surface area contributed by atoms with Gasteiger partial charge in [-0.3, -0.25) is 9.78 Å². The van der Waals surface area contributed by atoms with Crippen LogP contribution >= 0.6 is 0 Å². The maximum atomic E-state index is 11.1. The van der Waals surface area contributed by atoms with Gasteiger partial charge in [0.1, 0.15) is 5.69 Å². The predicted molar refractivity (Wildman–Crippen MR) is 69.2 cm³/mol. The number of pyridine rings is 1. The van der Waals surface area contributed by atoms with Crippen molar-refractivity contribution in [2.24, 2.45) is 0 Å². The molecule has 1 heterocycles. The third-order valence-corrected chi connectivity index (χ3v) is 2.82. The lowest BCUT2D eigenvalue weighted by Gasteiger charge is -2.07. The molecule has 0 radical (unpaired) electrons. The van der Waals surface area contributed by atoms with Crippen molar-refractivity contribution in [3.8, 4) is 11.1 Å². The number of benzene rings is 1. The number of aromatic nitrogens is 1. The summed E-state index contributed by atoms with van der Waals surface area (Å²) >= 11 is 0. The minimum Gasteiger partial charge on any atom is -0.293 e. The topological polar surface area (TPSA) is 30.0 Å². The van der Waals surface area contributed by atoms with Crippen LogP contribution in [0.15, 0.2) is 36.5 Å². The van der Waals surface area contributed by atoms with E-state index >= 15 is 0 Å². The Morgan fingerprint density at radius 3 is 2.41 bits per heavy atom. The maximum Gasteiger partial charge on any atom is 0.178 e. The van der Waals surface area contributed by atoms with Crippen molar-refractivity contribution in [1.29, 1.82) is 0 Å². The van der Waals surface area contributed by atoms with E-state index in [4.69, 9.17) is 0 Å². The molecule has 2 aromatic rings. The Labute approximate surface area is 101 Å². The number of Topliss-reactive ketones (excluding diaryl/α,β-unsaturated/α-hetero) is 1. The molecular weight excluding hydrogens is 210 g/mol. The molecule has 0 N–H and O–H groups in total. The number of hydrogen-bond donors (Lipinski definition) is 0. The van der Waals surface area contributed by atoms with Gasteiger partial charge in [0.05, 0.1) is 0 Å². The second kappa shape index (κ2) is 4.50. The van der Waals surface area contributed by atoms with Gasteiger partial charge in [-0.15, -0.1) is 0 Å². The van der Waals surface area contributed by atoms with E-state index < -0.39 is 0 Å². The molecule has 0 spiro atoms. The molecule has 0 aliphatic rings. The zero-order valence-electron chi connectivity index (χ0n) is 10.3. The smallest absolute Gasteiger partial charge is 0.178 e. The van der Waals surface area contributed by atoms with Gasteiger partial charge in [-0.25, -0.2) is 0 Å². The molecule has 0 atom stereocenters. The van der Waals surface area contributed by atoms with Crippen molar-refractivity contribution in [1.82, 2.24) is 4.98 Å². The number of rotatable bonds is 2. The molecule has 0 unspecified atom stereocenters. The number of carbonyl (C=O) groups excluding carboxylic acids is 1. The lowest BCUT2D eigenvalue weighted by Crippen LogP contribution is -1.96. The zero-order valence-corrected chi connectivity index (χ0v) is 10.3. The Balaban J connectivity index is 2.43. The molecule has 17 heavy (non-hydrogen) atoms. The third kappa shape index (κ3) is 2.41. The normalized spacial score (nSPS) is 10.3. The first kappa shape index (κ1) is 11.5. The van der Waals surface area contributed by atoms with Gasteiger partial charge in [0.2, 0.25) is 0 Å². The highest BCUT2D eigenvalue weighted by atomic mass is 16.1. The molecule has 0 amide bonds. The second-order valence-electron chi connectivity index (χ2n) is 4.31. The monoisotopic (exact) mass is 225 g/mol. The first-order chi connectivity index (χ1) is 8.08. The standard InChI is InChI=1S/C15H15NO/c1-10-4-6-14(11(2)8-10)13-5-7-15(12(3)17)16-9-13/h4-9H,1-3H3. The van der Waals surface area contributed by atoms with Crippen molar-refractivity contribution in [2.45, 2.75) is 20.8 Å². The molecule has 2 nitrogen and oxygen atoms in total. The highest BCUT2D eigenvalue weighted by molar-refractivity contribution is 5.92. The SMILES string of the molecule is CC(=O)c1ccc(-c2ccc(C)cc2C)cn1. The summed E-state index contributed by atoms with van der Waals surface area (Å²) in [4.78, 5) is 15.3. The van der Waals surface area contributed by atoms with E-state index in [9.17, 15) is 4.79 Å². The largest absolute Gasteiger partial charge is 0.293 e. The highest BCUT2D eigenvalue weighted by Crippen LogP contribution is 2.23. The Hall–Kier alpha value is -1.96. The van der Waals surface area contributed by atoms with E-state index in [1.807, 2.05) is 6.07 Å². The van der Waals surface area contributed by atoms with Crippen LogP contribution in [0.1, 0.15) is 28.5 Å². The van der Waals surface area contributed by atoms with Gasteiger partial charge >= 0.3 is 0 Å². The fourth-order valence-corrected chi connectivity index (χ4v) is 1.90. The molecule has 0 saturated heterocycles. The number of ketones is 1. The lowest BCUT2D eigenvalue weighted by atomic mass is 10.00. The average molecular weight is 225 g/mol. The van der Waals surface area contributed by atoms with Crippen LogP contribution in [0, 0.1) is 13.8 Å². The van der Waals surface area contributed by atoms with Crippen LogP contribution in [0.2, 0.25) is 0 Å². The molecule has 0 bridgehead atoms. The summed E-state index contributed by atoms with van der Waals surface area (Å²) in [6, 6.07) is 10.0. The van der Waals surface area contributed by atoms with E-state index in [1.165, 1.54) is 23.6 Å². The quantitative estimate of drug-likeness (QED) is 0.731. The van der Waals surface area contributed by atoms with Gasteiger partial charge in [0, 0.05) is 18.7 Å². The van der Waals surface area contributed by atoms with Crippen LogP contribution in [0.25, 0.3) is 11.1 Å². The van der Waals surface area contributed by atoms with Crippen molar-refractivity contribution < 1.29 is 4.79 Å². The second-order valence-corrected chi connectivity index (χ2v) is 4.31. The van der Waals surface area contributed by atoms with E-state index in [0.717, 1.165) is 5.56 Å². The van der Waals surface area contributed by atoms with Crippen LogP contribution in [-0.2, 0) is 0 Å². The lowest BCUT2D eigenvalue weighted by molar-refractivity contribution is 0.101. The molecule has 0 aliphatic carbocycles. The molecule has 0 aliphatic heterocycles. The Morgan fingerprint density at radius 2 is 1.88 bits per heavy atom. The molecule has 2 heteroatoms. The first-order valence-electron chi connectivity index (χ1n) is 5.62. The van der Waals surface area contributed by atoms with Crippen LogP contribution in [0.3, 0.4) is 0 Å². The van der Waals surface area contributed by atoms with Crippen LogP contribution in [0.5, 0.6) is 0 Å². The first-order valence-corrected chi connectivity index (χ1v) is 5.62. The number of carbonyl (C=O) groups is 1. The van der Waals surface area contributed by atoms with E-state index in [0.29, 0.717) is 5.69 Å². The third-order valence-electron chi connectivity index (χ3n) is 2.82. The summed E-state index contributed by atoms with van der Waals surface area (Å²) in [7, 11) is 0. The highest BCUT2D eigenvalue weighted by Gasteiger charge is 2.04. The van der Waals surface area contributed by atoms with E-state index in [-0.39, 0.29) is 5.78 Å². The molecule has 0 saturated carbocycles. The molecule has 1 aromatic heterocycles. The van der Waals surface area contributed by atoms with Crippen LogP contribution < -0.4 is 0 Å². The Morgan fingerprint density at radius 1 is 1.12 bits per heavy atom. The summed E-state index contributed by atoms with van der Waals surface area (Å²) in [5.74, 6) is -0.00261. The van der Waals surface area contributed by atoms with Crippen LogP contribution in [-0.4, -0.2) is 10.8 Å².